The number of nitro benzene ring substituents is 1. The van der Waals surface area contributed by atoms with Crippen LogP contribution in [0.1, 0.15) is 56.8 Å². The fraction of sp³-hybridized carbons (Fsp3) is 0.588. The van der Waals surface area contributed by atoms with E-state index in [1.165, 1.54) is 12.1 Å². The lowest BCUT2D eigenvalue weighted by Crippen LogP contribution is -2.30. The first-order chi connectivity index (χ1) is 10.3. The maximum Gasteiger partial charge on any atom is 0.345 e. The number of esters is 1. The third kappa shape index (κ3) is 3.84. The van der Waals surface area contributed by atoms with Gasteiger partial charge in [0.25, 0.3) is 5.69 Å². The second-order valence-corrected chi connectivity index (χ2v) is 7.02. The minimum atomic E-state index is -0.591. The van der Waals surface area contributed by atoms with Gasteiger partial charge in [0.1, 0.15) is 11.7 Å². The van der Waals surface area contributed by atoms with Gasteiger partial charge in [0.2, 0.25) is 0 Å². The summed E-state index contributed by atoms with van der Waals surface area (Å²) in [6.45, 7) is 6.70. The van der Waals surface area contributed by atoms with Crippen LogP contribution in [-0.2, 0) is 4.74 Å². The average Bonchev–Trinajstić information content (AvgIpc) is 2.46. The minimum Gasteiger partial charge on any atom is -0.459 e. The van der Waals surface area contributed by atoms with Gasteiger partial charge in [-0.25, -0.2) is 4.79 Å². The molecular weight excluding hydrogens is 282 g/mol. The van der Waals surface area contributed by atoms with Crippen molar-refractivity contribution in [3.05, 3.63) is 39.9 Å². The van der Waals surface area contributed by atoms with Crippen molar-refractivity contribution in [3.63, 3.8) is 0 Å². The normalized spacial score (nSPS) is 22.1. The van der Waals surface area contributed by atoms with E-state index in [9.17, 15) is 14.9 Å². The Labute approximate surface area is 130 Å². The Morgan fingerprint density at radius 2 is 1.77 bits per heavy atom. The molecular formula is C17H23NO4. The molecule has 0 bridgehead atoms. The standard InChI is InChI=1S/C17H23NO4/c1-17(2,3)12-8-10-13(11-9-12)22-16(19)14-6-4-5-7-15(14)18(20)21/h4-7,12-13H,8-11H2,1-3H3. The SMILES string of the molecule is CC(C)(C)C1CCC(OC(=O)c2ccccc2[N+](=O)[O-])CC1. The Morgan fingerprint density at radius 3 is 2.32 bits per heavy atom. The molecule has 2 rings (SSSR count). The maximum atomic E-state index is 12.2. The fourth-order valence-corrected chi connectivity index (χ4v) is 3.07. The van der Waals surface area contributed by atoms with Crippen LogP contribution in [0.25, 0.3) is 0 Å². The summed E-state index contributed by atoms with van der Waals surface area (Å²) in [6, 6.07) is 5.93. The van der Waals surface area contributed by atoms with Gasteiger partial charge in [-0.1, -0.05) is 32.9 Å². The summed E-state index contributed by atoms with van der Waals surface area (Å²) in [5, 5.41) is 11.0. The Kier molecular flexibility index (Phi) is 4.84. The molecule has 1 aliphatic rings. The fourth-order valence-electron chi connectivity index (χ4n) is 3.07. The predicted octanol–water partition coefficient (Wildman–Crippen LogP) is 4.36. The van der Waals surface area contributed by atoms with Crippen LogP contribution in [0.2, 0.25) is 0 Å². The zero-order valence-electron chi connectivity index (χ0n) is 13.4. The molecule has 0 radical (unpaired) electrons. The van der Waals surface area contributed by atoms with Crippen LogP contribution in [0.15, 0.2) is 24.3 Å². The molecule has 0 aliphatic heterocycles. The molecule has 0 N–H and O–H groups in total. The molecule has 0 unspecified atom stereocenters. The summed E-state index contributed by atoms with van der Waals surface area (Å²) in [5.41, 5.74) is 0.106. The Morgan fingerprint density at radius 1 is 1.18 bits per heavy atom. The van der Waals surface area contributed by atoms with E-state index in [1.807, 2.05) is 0 Å². The number of nitro groups is 1. The quantitative estimate of drug-likeness (QED) is 0.473. The molecule has 0 spiro atoms. The Balaban J connectivity index is 1.98. The van der Waals surface area contributed by atoms with Crippen molar-refractivity contribution < 1.29 is 14.5 Å². The van der Waals surface area contributed by atoms with Crippen LogP contribution in [0.3, 0.4) is 0 Å². The smallest absolute Gasteiger partial charge is 0.345 e. The topological polar surface area (TPSA) is 69.4 Å². The van der Waals surface area contributed by atoms with E-state index in [-0.39, 0.29) is 22.8 Å². The van der Waals surface area contributed by atoms with E-state index < -0.39 is 10.9 Å². The number of hydrogen-bond donors (Lipinski definition) is 0. The maximum absolute atomic E-state index is 12.2. The van der Waals surface area contributed by atoms with Gasteiger partial charge in [0, 0.05) is 6.07 Å². The number of ether oxygens (including phenoxy) is 1. The zero-order chi connectivity index (χ0) is 16.3. The lowest BCUT2D eigenvalue weighted by atomic mass is 9.72. The lowest BCUT2D eigenvalue weighted by molar-refractivity contribution is -0.385. The van der Waals surface area contributed by atoms with E-state index >= 15 is 0 Å². The molecule has 0 aromatic heterocycles. The molecule has 0 atom stereocenters. The molecule has 1 aliphatic carbocycles. The van der Waals surface area contributed by atoms with Crippen molar-refractivity contribution in [1.82, 2.24) is 0 Å². The molecule has 22 heavy (non-hydrogen) atoms. The van der Waals surface area contributed by atoms with Gasteiger partial charge in [-0.15, -0.1) is 0 Å². The average molecular weight is 305 g/mol. The van der Waals surface area contributed by atoms with Gasteiger partial charge in [0.05, 0.1) is 4.92 Å². The van der Waals surface area contributed by atoms with Crippen LogP contribution in [0.4, 0.5) is 5.69 Å². The van der Waals surface area contributed by atoms with Crippen molar-refractivity contribution in [2.75, 3.05) is 0 Å². The molecule has 0 saturated heterocycles. The Hall–Kier alpha value is -1.91. The molecule has 120 valence electrons. The third-order valence-corrected chi connectivity index (χ3v) is 4.49. The third-order valence-electron chi connectivity index (χ3n) is 4.49. The highest BCUT2D eigenvalue weighted by atomic mass is 16.6. The summed E-state index contributed by atoms with van der Waals surface area (Å²) < 4.78 is 5.49. The van der Waals surface area contributed by atoms with Crippen LogP contribution >= 0.6 is 0 Å². The molecule has 0 heterocycles. The van der Waals surface area contributed by atoms with Crippen LogP contribution in [-0.4, -0.2) is 17.0 Å². The van der Waals surface area contributed by atoms with Gasteiger partial charge in [-0.2, -0.15) is 0 Å². The summed E-state index contributed by atoms with van der Waals surface area (Å²) in [6.07, 6.45) is 3.57. The van der Waals surface area contributed by atoms with E-state index in [4.69, 9.17) is 4.74 Å². The van der Waals surface area contributed by atoms with E-state index in [0.717, 1.165) is 25.7 Å². The summed E-state index contributed by atoms with van der Waals surface area (Å²) in [4.78, 5) is 22.6. The Bertz CT molecular complexity index is 554. The van der Waals surface area contributed by atoms with E-state index in [1.54, 1.807) is 12.1 Å². The molecule has 1 saturated carbocycles. The van der Waals surface area contributed by atoms with Crippen molar-refractivity contribution in [2.45, 2.75) is 52.6 Å². The van der Waals surface area contributed by atoms with Crippen molar-refractivity contribution in [1.29, 1.82) is 0 Å². The first kappa shape index (κ1) is 16.5. The second kappa shape index (κ2) is 6.46. The van der Waals surface area contributed by atoms with E-state index in [2.05, 4.69) is 20.8 Å². The van der Waals surface area contributed by atoms with Crippen molar-refractivity contribution in [2.24, 2.45) is 11.3 Å². The zero-order valence-corrected chi connectivity index (χ0v) is 13.4. The van der Waals surface area contributed by atoms with Gasteiger partial charge in [0.15, 0.2) is 0 Å². The largest absolute Gasteiger partial charge is 0.459 e. The highest BCUT2D eigenvalue weighted by Crippen LogP contribution is 2.38. The molecule has 5 nitrogen and oxygen atoms in total. The molecule has 5 heteroatoms. The predicted molar refractivity (Wildman–Crippen MR) is 83.7 cm³/mol. The number of hydrogen-bond acceptors (Lipinski definition) is 4. The minimum absolute atomic E-state index is 0.0328. The number of nitrogens with zero attached hydrogens (tertiary/aromatic N) is 1. The monoisotopic (exact) mass is 305 g/mol. The number of para-hydroxylation sites is 1. The van der Waals surface area contributed by atoms with Gasteiger partial charge >= 0.3 is 5.97 Å². The number of rotatable bonds is 3. The summed E-state index contributed by atoms with van der Waals surface area (Å²) in [7, 11) is 0. The first-order valence-corrected chi connectivity index (χ1v) is 7.73. The number of benzene rings is 1. The lowest BCUT2D eigenvalue weighted by Gasteiger charge is -2.36. The summed E-state index contributed by atoms with van der Waals surface area (Å²) >= 11 is 0. The van der Waals surface area contributed by atoms with Crippen molar-refractivity contribution in [3.8, 4) is 0 Å². The van der Waals surface area contributed by atoms with Crippen LogP contribution < -0.4 is 0 Å². The molecule has 1 aromatic rings. The van der Waals surface area contributed by atoms with Gasteiger partial charge in [-0.05, 0) is 43.1 Å². The van der Waals surface area contributed by atoms with Gasteiger partial charge < -0.3 is 4.74 Å². The van der Waals surface area contributed by atoms with Crippen LogP contribution in [0.5, 0.6) is 0 Å². The molecule has 1 fully saturated rings. The van der Waals surface area contributed by atoms with Gasteiger partial charge in [-0.3, -0.25) is 10.1 Å². The van der Waals surface area contributed by atoms with E-state index in [0.29, 0.717) is 5.92 Å². The highest BCUT2D eigenvalue weighted by Gasteiger charge is 2.32. The molecule has 0 amide bonds. The highest BCUT2D eigenvalue weighted by molar-refractivity contribution is 5.93. The second-order valence-electron chi connectivity index (χ2n) is 7.02. The van der Waals surface area contributed by atoms with Crippen molar-refractivity contribution >= 4 is 11.7 Å². The van der Waals surface area contributed by atoms with Crippen LogP contribution in [0, 0.1) is 21.4 Å². The number of carbonyl (C=O) groups is 1. The number of carbonyl (C=O) groups excluding carboxylic acids is 1. The molecule has 1 aromatic carbocycles. The first-order valence-electron chi connectivity index (χ1n) is 7.73. The summed E-state index contributed by atoms with van der Waals surface area (Å²) in [5.74, 6) is 0.0417.